The number of hydrogen-bond donors (Lipinski definition) is 2. The molecule has 0 saturated heterocycles. The molecule has 2 rings (SSSR count). The highest BCUT2D eigenvalue weighted by molar-refractivity contribution is 7.93. The molecule has 124 valence electrons. The molecule has 8 nitrogen and oxygen atoms in total. The second kappa shape index (κ2) is 6.29. The van der Waals surface area contributed by atoms with E-state index in [4.69, 9.17) is 15.0 Å². The summed E-state index contributed by atoms with van der Waals surface area (Å²) in [6, 6.07) is 6.38. The van der Waals surface area contributed by atoms with Crippen molar-refractivity contribution in [3.05, 3.63) is 30.0 Å². The third kappa shape index (κ3) is 3.81. The first-order chi connectivity index (χ1) is 10.7. The number of amides is 1. The van der Waals surface area contributed by atoms with Crippen molar-refractivity contribution >= 4 is 21.8 Å². The molecule has 0 saturated carbocycles. The van der Waals surface area contributed by atoms with Crippen LogP contribution in [-0.4, -0.2) is 24.9 Å². The average Bonchev–Trinajstić information content (AvgIpc) is 2.80. The first-order valence-corrected chi connectivity index (χ1v) is 8.31. The van der Waals surface area contributed by atoms with Gasteiger partial charge in [-0.15, -0.1) is 0 Å². The number of anilines is 1. The van der Waals surface area contributed by atoms with Gasteiger partial charge in [-0.05, 0) is 45.0 Å². The molecule has 1 heterocycles. The fraction of sp³-hybridized carbons (Fsp3) is 0.286. The lowest BCUT2D eigenvalue weighted by Gasteiger charge is -2.11. The molecule has 1 aromatic heterocycles. The average molecular weight is 339 g/mol. The van der Waals surface area contributed by atoms with Crippen LogP contribution >= 0.6 is 0 Å². The van der Waals surface area contributed by atoms with E-state index in [-0.39, 0.29) is 11.5 Å². The Morgan fingerprint density at radius 1 is 1.30 bits per heavy atom. The Balaban J connectivity index is 2.29. The second-order valence-corrected chi connectivity index (χ2v) is 7.36. The lowest BCUT2D eigenvalue weighted by Crippen LogP contribution is -2.22. The minimum atomic E-state index is -3.42. The molecule has 0 fully saturated rings. The summed E-state index contributed by atoms with van der Waals surface area (Å²) in [5.41, 5.74) is 6.37. The maximum absolute atomic E-state index is 11.8. The fourth-order valence-electron chi connectivity index (χ4n) is 1.74. The smallest absolute Gasteiger partial charge is 0.404 e. The lowest BCUT2D eigenvalue weighted by atomic mass is 10.1. The largest absolute Gasteiger partial charge is 0.410 e. The van der Waals surface area contributed by atoms with Crippen molar-refractivity contribution in [3.63, 3.8) is 0 Å². The number of primary amides is 1. The number of benzene rings is 1. The molecule has 0 aliphatic heterocycles. The molecule has 0 spiro atoms. The maximum Gasteiger partial charge on any atom is 0.410 e. The van der Waals surface area contributed by atoms with Gasteiger partial charge in [0.1, 0.15) is 5.69 Å². The summed E-state index contributed by atoms with van der Waals surface area (Å²) in [6.07, 6.45) is -0.973. The molecule has 9 heteroatoms. The summed E-state index contributed by atoms with van der Waals surface area (Å²) in [5.74, 6) is 0.368. The Hall–Kier alpha value is -2.55. The van der Waals surface area contributed by atoms with Crippen LogP contribution in [0.5, 0.6) is 5.75 Å². The van der Waals surface area contributed by atoms with Gasteiger partial charge in [0.15, 0.2) is 0 Å². The number of nitrogens with one attached hydrogen (secondary N) is 1. The van der Waals surface area contributed by atoms with Crippen LogP contribution in [0.4, 0.5) is 10.5 Å². The maximum atomic E-state index is 11.8. The third-order valence-electron chi connectivity index (χ3n) is 3.04. The van der Waals surface area contributed by atoms with E-state index in [9.17, 15) is 13.2 Å². The first kappa shape index (κ1) is 16.8. The summed E-state index contributed by atoms with van der Waals surface area (Å²) in [7, 11) is -3.42. The van der Waals surface area contributed by atoms with Gasteiger partial charge in [0.2, 0.25) is 21.5 Å². The standard InChI is InChI=1S/C14H17N3O5S/c1-8(2)23(19,20)17-11-6-4-10(5-7-11)13-12(21-14(15)18)9(3)16-22-13/h4-8,17H,1-3H3,(H2,15,18). The van der Waals surface area contributed by atoms with Gasteiger partial charge in [0.25, 0.3) is 0 Å². The predicted molar refractivity (Wildman–Crippen MR) is 84.6 cm³/mol. The molecule has 3 N–H and O–H groups in total. The Morgan fingerprint density at radius 3 is 2.43 bits per heavy atom. The zero-order chi connectivity index (χ0) is 17.2. The zero-order valence-electron chi connectivity index (χ0n) is 12.9. The van der Waals surface area contributed by atoms with Crippen LogP contribution in [0, 0.1) is 6.92 Å². The summed E-state index contributed by atoms with van der Waals surface area (Å²) in [6.45, 7) is 4.78. The molecule has 0 atom stereocenters. The van der Waals surface area contributed by atoms with Crippen molar-refractivity contribution in [2.45, 2.75) is 26.0 Å². The van der Waals surface area contributed by atoms with Crippen molar-refractivity contribution in [1.82, 2.24) is 5.16 Å². The predicted octanol–water partition coefficient (Wildman–Crippen LogP) is 2.26. The van der Waals surface area contributed by atoms with Crippen LogP contribution < -0.4 is 15.2 Å². The van der Waals surface area contributed by atoms with Crippen LogP contribution in [0.3, 0.4) is 0 Å². The zero-order valence-corrected chi connectivity index (χ0v) is 13.7. The molecule has 0 bridgehead atoms. The molecule has 0 radical (unpaired) electrons. The van der Waals surface area contributed by atoms with Gasteiger partial charge < -0.3 is 15.0 Å². The molecular formula is C14H17N3O5S. The van der Waals surface area contributed by atoms with E-state index in [1.165, 1.54) is 0 Å². The summed E-state index contributed by atoms with van der Waals surface area (Å²) in [4.78, 5) is 10.9. The van der Waals surface area contributed by atoms with Gasteiger partial charge in [0.05, 0.1) is 5.25 Å². The summed E-state index contributed by atoms with van der Waals surface area (Å²) >= 11 is 0. The van der Waals surface area contributed by atoms with E-state index in [2.05, 4.69) is 9.88 Å². The van der Waals surface area contributed by atoms with Gasteiger partial charge in [-0.2, -0.15) is 0 Å². The number of hydrogen-bond acceptors (Lipinski definition) is 6. The fourth-order valence-corrected chi connectivity index (χ4v) is 2.44. The van der Waals surface area contributed by atoms with Crippen molar-refractivity contribution in [2.24, 2.45) is 5.73 Å². The number of aryl methyl sites for hydroxylation is 1. The minimum Gasteiger partial charge on any atom is -0.404 e. The molecule has 0 unspecified atom stereocenters. The van der Waals surface area contributed by atoms with Crippen LogP contribution in [0.25, 0.3) is 11.3 Å². The van der Waals surface area contributed by atoms with Crippen LogP contribution in [0.1, 0.15) is 19.5 Å². The summed E-state index contributed by atoms with van der Waals surface area (Å²) in [5, 5.41) is 3.19. The Bertz CT molecular complexity index is 809. The van der Waals surface area contributed by atoms with Crippen molar-refractivity contribution in [1.29, 1.82) is 0 Å². The monoisotopic (exact) mass is 339 g/mol. The van der Waals surface area contributed by atoms with Gasteiger partial charge in [-0.3, -0.25) is 4.72 Å². The van der Waals surface area contributed by atoms with Crippen molar-refractivity contribution in [3.8, 4) is 17.1 Å². The van der Waals surface area contributed by atoms with Crippen LogP contribution in [0.15, 0.2) is 28.8 Å². The van der Waals surface area contributed by atoms with E-state index in [1.54, 1.807) is 45.0 Å². The van der Waals surface area contributed by atoms with Crippen molar-refractivity contribution in [2.75, 3.05) is 4.72 Å². The number of sulfonamides is 1. The Labute approximate surface area is 133 Å². The van der Waals surface area contributed by atoms with E-state index in [0.717, 1.165) is 0 Å². The first-order valence-electron chi connectivity index (χ1n) is 6.76. The highest BCUT2D eigenvalue weighted by atomic mass is 32.2. The number of nitrogens with two attached hydrogens (primary N) is 1. The number of aromatic nitrogens is 1. The number of carbonyl (C=O) groups is 1. The normalized spacial score (nSPS) is 11.5. The number of nitrogens with zero attached hydrogens (tertiary/aromatic N) is 1. The number of rotatable bonds is 5. The van der Waals surface area contributed by atoms with Gasteiger partial charge in [0, 0.05) is 11.3 Å². The van der Waals surface area contributed by atoms with E-state index < -0.39 is 21.4 Å². The van der Waals surface area contributed by atoms with Gasteiger partial charge >= 0.3 is 6.09 Å². The van der Waals surface area contributed by atoms with Gasteiger partial charge in [-0.1, -0.05) is 5.16 Å². The topological polar surface area (TPSA) is 125 Å². The second-order valence-electron chi connectivity index (χ2n) is 5.12. The SMILES string of the molecule is Cc1noc(-c2ccc(NS(=O)(=O)C(C)C)cc2)c1OC(N)=O. The molecule has 2 aromatic rings. The lowest BCUT2D eigenvalue weighted by molar-refractivity contribution is 0.210. The highest BCUT2D eigenvalue weighted by Gasteiger charge is 2.19. The number of ether oxygens (including phenoxy) is 1. The number of carbonyl (C=O) groups excluding carboxylic acids is 1. The van der Waals surface area contributed by atoms with Gasteiger partial charge in [-0.25, -0.2) is 13.2 Å². The molecule has 0 aliphatic carbocycles. The van der Waals surface area contributed by atoms with Crippen LogP contribution in [0.2, 0.25) is 0 Å². The molecule has 1 amide bonds. The molecule has 1 aromatic carbocycles. The Kier molecular flexibility index (Phi) is 4.60. The minimum absolute atomic E-state index is 0.132. The van der Waals surface area contributed by atoms with E-state index >= 15 is 0 Å². The quantitative estimate of drug-likeness (QED) is 0.861. The molecular weight excluding hydrogens is 322 g/mol. The molecule has 0 aliphatic rings. The summed E-state index contributed by atoms with van der Waals surface area (Å²) < 4.78 is 36.1. The van der Waals surface area contributed by atoms with E-state index in [0.29, 0.717) is 16.9 Å². The highest BCUT2D eigenvalue weighted by Crippen LogP contribution is 2.33. The Morgan fingerprint density at radius 2 is 1.91 bits per heavy atom. The molecule has 23 heavy (non-hydrogen) atoms. The van der Waals surface area contributed by atoms with Crippen molar-refractivity contribution < 1.29 is 22.5 Å². The van der Waals surface area contributed by atoms with E-state index in [1.807, 2.05) is 0 Å². The van der Waals surface area contributed by atoms with Crippen LogP contribution in [-0.2, 0) is 10.0 Å². The third-order valence-corrected chi connectivity index (χ3v) is 4.80.